The maximum atomic E-state index is 10.8. The number of nitrogens with one attached hydrogen (secondary N) is 2. The van der Waals surface area contributed by atoms with Crippen LogP contribution < -0.4 is 0 Å². The molecule has 3 N–H and O–H groups in total. The number of imidazole rings is 1. The van der Waals surface area contributed by atoms with E-state index < -0.39 is 10.1 Å². The number of benzene rings is 1. The van der Waals surface area contributed by atoms with Crippen LogP contribution in [0.5, 0.6) is 0 Å². The van der Waals surface area contributed by atoms with Crippen LogP contribution >= 0.6 is 24.4 Å². The van der Waals surface area contributed by atoms with Crippen molar-refractivity contribution in [2.45, 2.75) is 4.90 Å². The second kappa shape index (κ2) is 7.42. The molecule has 120 valence electrons. The van der Waals surface area contributed by atoms with E-state index in [0.29, 0.717) is 4.77 Å². The summed E-state index contributed by atoms with van der Waals surface area (Å²) in [5.74, 6) is 0. The number of rotatable bonds is 2. The van der Waals surface area contributed by atoms with Crippen molar-refractivity contribution >= 4 is 34.6 Å². The molecule has 10 heteroatoms. The second-order valence-electron chi connectivity index (χ2n) is 4.21. The summed E-state index contributed by atoms with van der Waals surface area (Å²) < 4.78 is 33.4. The number of hydrogen-bond donors (Lipinski definition) is 3. The Morgan fingerprint density at radius 2 is 1.78 bits per heavy atom. The minimum absolute atomic E-state index is 0.140. The quantitative estimate of drug-likeness (QED) is 0.475. The minimum Gasteiger partial charge on any atom is -0.337 e. The van der Waals surface area contributed by atoms with Crippen LogP contribution in [0.3, 0.4) is 0 Å². The third-order valence-electron chi connectivity index (χ3n) is 2.66. The van der Waals surface area contributed by atoms with E-state index in [4.69, 9.17) is 29.0 Å². The average molecular weight is 368 g/mol. The maximum Gasteiger partial charge on any atom is 0.294 e. The summed E-state index contributed by atoms with van der Waals surface area (Å²) in [4.78, 5) is 9.14. The first-order valence-corrected chi connectivity index (χ1v) is 8.46. The van der Waals surface area contributed by atoms with Crippen LogP contribution in [0.1, 0.15) is 0 Å². The van der Waals surface area contributed by atoms with Gasteiger partial charge in [0.05, 0.1) is 11.2 Å². The van der Waals surface area contributed by atoms with Gasteiger partial charge in [-0.2, -0.15) is 8.42 Å². The number of H-pyrrole nitrogens is 2. The Bertz CT molecular complexity index is 970. The van der Waals surface area contributed by atoms with Crippen molar-refractivity contribution in [1.82, 2.24) is 19.5 Å². The van der Waals surface area contributed by atoms with E-state index in [1.165, 1.54) is 12.1 Å². The van der Waals surface area contributed by atoms with Crippen molar-refractivity contribution in [2.75, 3.05) is 0 Å². The molecule has 0 saturated heterocycles. The Labute approximate surface area is 142 Å². The van der Waals surface area contributed by atoms with E-state index in [0.717, 1.165) is 10.3 Å². The van der Waals surface area contributed by atoms with E-state index in [1.807, 2.05) is 0 Å². The lowest BCUT2D eigenvalue weighted by atomic mass is 10.3. The zero-order valence-corrected chi connectivity index (χ0v) is 14.0. The van der Waals surface area contributed by atoms with E-state index in [1.54, 1.807) is 47.7 Å². The Kier molecular flexibility index (Phi) is 5.55. The molecular formula is C13H12N4O3S3. The van der Waals surface area contributed by atoms with Gasteiger partial charge >= 0.3 is 0 Å². The lowest BCUT2D eigenvalue weighted by Crippen LogP contribution is -1.99. The number of hydrogen-bond acceptors (Lipinski definition) is 5. The van der Waals surface area contributed by atoms with Crippen LogP contribution in [0, 0.1) is 9.41 Å². The maximum absolute atomic E-state index is 10.8. The zero-order chi connectivity index (χ0) is 16.9. The molecule has 2 aromatic heterocycles. The van der Waals surface area contributed by atoms with E-state index >= 15 is 0 Å². The van der Waals surface area contributed by atoms with Gasteiger partial charge in [0.15, 0.2) is 4.77 Å². The summed E-state index contributed by atoms with van der Waals surface area (Å²) in [7, 11) is -4.14. The molecule has 1 aromatic carbocycles. The Morgan fingerprint density at radius 1 is 1.09 bits per heavy atom. The van der Waals surface area contributed by atoms with Gasteiger partial charge in [0.1, 0.15) is 4.64 Å². The molecule has 7 nitrogen and oxygen atoms in total. The van der Waals surface area contributed by atoms with E-state index in [9.17, 15) is 8.42 Å². The molecular weight excluding hydrogens is 356 g/mol. The first kappa shape index (κ1) is 17.2. The molecule has 2 heterocycles. The van der Waals surface area contributed by atoms with Crippen molar-refractivity contribution in [3.8, 4) is 5.69 Å². The number of aromatic amines is 2. The van der Waals surface area contributed by atoms with Crippen molar-refractivity contribution < 1.29 is 13.0 Å². The van der Waals surface area contributed by atoms with Gasteiger partial charge in [-0.1, -0.05) is 12.2 Å². The number of nitrogens with zero attached hydrogens (tertiary/aromatic N) is 2. The van der Waals surface area contributed by atoms with Gasteiger partial charge in [-0.05, 0) is 42.5 Å². The molecule has 0 saturated carbocycles. The van der Waals surface area contributed by atoms with Crippen LogP contribution in [-0.4, -0.2) is 32.5 Å². The van der Waals surface area contributed by atoms with Crippen molar-refractivity contribution in [2.24, 2.45) is 0 Å². The molecule has 3 aromatic rings. The van der Waals surface area contributed by atoms with Gasteiger partial charge in [0, 0.05) is 24.3 Å². The predicted molar refractivity (Wildman–Crippen MR) is 90.2 cm³/mol. The summed E-state index contributed by atoms with van der Waals surface area (Å²) >= 11 is 9.73. The fraction of sp³-hybridized carbons (Fsp3) is 0. The van der Waals surface area contributed by atoms with Crippen LogP contribution in [-0.2, 0) is 10.1 Å². The SMILES string of the molecule is O=S(=O)(O)c1ccc(-n2cc[nH]c2=S)cc1.S=c1ccnc[nH]1. The van der Waals surface area contributed by atoms with E-state index in [-0.39, 0.29) is 4.90 Å². The highest BCUT2D eigenvalue weighted by Gasteiger charge is 2.08. The lowest BCUT2D eigenvalue weighted by molar-refractivity contribution is 0.483. The smallest absolute Gasteiger partial charge is 0.294 e. The summed E-state index contributed by atoms with van der Waals surface area (Å²) in [5.41, 5.74) is 0.721. The molecule has 0 atom stereocenters. The van der Waals surface area contributed by atoms with Gasteiger partial charge in [0.25, 0.3) is 10.1 Å². The molecule has 0 bridgehead atoms. The first-order valence-electron chi connectivity index (χ1n) is 6.20. The highest BCUT2D eigenvalue weighted by atomic mass is 32.2. The second-order valence-corrected chi connectivity index (χ2v) is 6.45. The van der Waals surface area contributed by atoms with Crippen LogP contribution in [0.15, 0.2) is 60.1 Å². The van der Waals surface area contributed by atoms with Crippen LogP contribution in [0.2, 0.25) is 0 Å². The van der Waals surface area contributed by atoms with Gasteiger partial charge in [0.2, 0.25) is 0 Å². The standard InChI is InChI=1S/C9H8N2O3S2.C4H4N2S/c12-16(13,14)8-3-1-7(2-4-8)11-6-5-10-9(11)15;7-4-1-2-5-3-6-4/h1-6H,(H,10,15)(H,12,13,14);1-3H,(H,5,6,7). The van der Waals surface area contributed by atoms with Crippen molar-refractivity contribution in [3.63, 3.8) is 0 Å². The van der Waals surface area contributed by atoms with E-state index in [2.05, 4.69) is 15.0 Å². The molecule has 23 heavy (non-hydrogen) atoms. The van der Waals surface area contributed by atoms with Gasteiger partial charge < -0.3 is 9.97 Å². The Balaban J connectivity index is 0.000000229. The fourth-order valence-corrected chi connectivity index (χ4v) is 2.43. The summed E-state index contributed by atoms with van der Waals surface area (Å²) in [6, 6.07) is 7.49. The summed E-state index contributed by atoms with van der Waals surface area (Å²) in [6.45, 7) is 0. The third kappa shape index (κ3) is 4.93. The zero-order valence-electron chi connectivity index (χ0n) is 11.6. The predicted octanol–water partition coefficient (Wildman–Crippen LogP) is 2.92. The minimum atomic E-state index is -4.14. The summed E-state index contributed by atoms with van der Waals surface area (Å²) in [6.07, 6.45) is 6.62. The molecule has 0 fully saturated rings. The molecule has 3 rings (SSSR count). The molecule has 0 amide bonds. The molecule has 0 aliphatic carbocycles. The largest absolute Gasteiger partial charge is 0.337 e. The molecule has 0 radical (unpaired) electrons. The fourth-order valence-electron chi connectivity index (χ4n) is 1.61. The molecule has 0 aliphatic heterocycles. The highest BCUT2D eigenvalue weighted by molar-refractivity contribution is 7.85. The van der Waals surface area contributed by atoms with Crippen LogP contribution in [0.25, 0.3) is 5.69 Å². The topological polar surface area (TPSA) is 104 Å². The number of aromatic nitrogens is 4. The third-order valence-corrected chi connectivity index (χ3v) is 4.09. The normalized spacial score (nSPS) is 10.7. The monoisotopic (exact) mass is 368 g/mol. The molecule has 0 unspecified atom stereocenters. The van der Waals surface area contributed by atoms with Crippen LogP contribution in [0.4, 0.5) is 0 Å². The molecule has 0 aliphatic rings. The van der Waals surface area contributed by atoms with Crippen molar-refractivity contribution in [1.29, 1.82) is 0 Å². The molecule has 0 spiro atoms. The highest BCUT2D eigenvalue weighted by Crippen LogP contribution is 2.13. The van der Waals surface area contributed by atoms with Gasteiger partial charge in [-0.25, -0.2) is 4.98 Å². The Hall–Kier alpha value is -2.14. The van der Waals surface area contributed by atoms with Crippen molar-refractivity contribution in [3.05, 3.63) is 64.7 Å². The lowest BCUT2D eigenvalue weighted by Gasteiger charge is -2.02. The van der Waals surface area contributed by atoms with Gasteiger partial charge in [-0.15, -0.1) is 0 Å². The Morgan fingerprint density at radius 3 is 2.17 bits per heavy atom. The first-order chi connectivity index (χ1) is 10.9. The van der Waals surface area contributed by atoms with Gasteiger partial charge in [-0.3, -0.25) is 9.12 Å². The summed E-state index contributed by atoms with van der Waals surface area (Å²) in [5, 5.41) is 0. The average Bonchev–Trinajstić information content (AvgIpc) is 2.94.